The zero-order chi connectivity index (χ0) is 10.7. The van der Waals surface area contributed by atoms with Gasteiger partial charge in [0, 0.05) is 24.6 Å². The van der Waals surface area contributed by atoms with E-state index in [1.807, 2.05) is 0 Å². The summed E-state index contributed by atoms with van der Waals surface area (Å²) in [4.78, 5) is 0. The molecule has 1 saturated heterocycles. The van der Waals surface area contributed by atoms with E-state index in [0.29, 0.717) is 6.61 Å². The molecule has 0 saturated carbocycles. The van der Waals surface area contributed by atoms with Crippen LogP contribution in [0.5, 0.6) is 5.75 Å². The van der Waals surface area contributed by atoms with Crippen molar-refractivity contribution in [3.05, 3.63) is 29.8 Å². The molecule has 0 spiro atoms. The Hall–Kier alpha value is -1.16. The molecular weight excluding hydrogens is 202 g/mol. The van der Waals surface area contributed by atoms with Crippen LogP contribution in [0.15, 0.2) is 18.2 Å². The van der Waals surface area contributed by atoms with Crippen molar-refractivity contribution >= 4 is 0 Å². The molecule has 1 aromatic rings. The molecule has 1 heterocycles. The maximum Gasteiger partial charge on any atom is 0.199 e. The van der Waals surface area contributed by atoms with Gasteiger partial charge in [0.05, 0.1) is 6.61 Å². The van der Waals surface area contributed by atoms with Crippen molar-refractivity contribution in [3.8, 4) is 5.75 Å². The van der Waals surface area contributed by atoms with Gasteiger partial charge >= 0.3 is 0 Å². The molecule has 0 bridgehead atoms. The van der Waals surface area contributed by atoms with Crippen LogP contribution in [0.25, 0.3) is 0 Å². The smallest absolute Gasteiger partial charge is 0.199 e. The summed E-state index contributed by atoms with van der Waals surface area (Å²) < 4.78 is 36.3. The highest BCUT2D eigenvalue weighted by Gasteiger charge is 2.15. The molecule has 82 valence electrons. The van der Waals surface area contributed by atoms with Gasteiger partial charge in [0.25, 0.3) is 0 Å². The van der Waals surface area contributed by atoms with Gasteiger partial charge in [-0.2, -0.15) is 0 Å². The number of halogens is 2. The second-order valence-electron chi connectivity index (χ2n) is 3.52. The minimum Gasteiger partial charge on any atom is -0.465 e. The lowest BCUT2D eigenvalue weighted by atomic mass is 10.2. The van der Waals surface area contributed by atoms with E-state index in [2.05, 4.69) is 0 Å². The molecule has 0 aliphatic carbocycles. The van der Waals surface area contributed by atoms with Crippen molar-refractivity contribution in [3.63, 3.8) is 0 Å². The summed E-state index contributed by atoms with van der Waals surface area (Å²) in [7, 11) is 0. The number of hydrogen-bond acceptors (Lipinski definition) is 2. The summed E-state index contributed by atoms with van der Waals surface area (Å²) in [5.41, 5.74) is 0. The van der Waals surface area contributed by atoms with Crippen LogP contribution in [0, 0.1) is 11.6 Å². The topological polar surface area (TPSA) is 18.5 Å². The lowest BCUT2D eigenvalue weighted by molar-refractivity contribution is -0.106. The fraction of sp³-hybridized carbons (Fsp3) is 0.455. The van der Waals surface area contributed by atoms with Crippen LogP contribution in [-0.2, 0) is 4.74 Å². The van der Waals surface area contributed by atoms with Crippen LogP contribution in [0.1, 0.15) is 19.3 Å². The lowest BCUT2D eigenvalue weighted by Gasteiger charge is -2.23. The van der Waals surface area contributed by atoms with Crippen LogP contribution in [0.2, 0.25) is 0 Å². The summed E-state index contributed by atoms with van der Waals surface area (Å²) in [6.07, 6.45) is 2.41. The predicted molar refractivity (Wildman–Crippen MR) is 50.6 cm³/mol. The average molecular weight is 214 g/mol. The van der Waals surface area contributed by atoms with E-state index in [1.54, 1.807) is 0 Å². The summed E-state index contributed by atoms with van der Waals surface area (Å²) in [6, 6.07) is 3.12. The van der Waals surface area contributed by atoms with Crippen LogP contribution >= 0.6 is 0 Å². The molecule has 0 aromatic heterocycles. The number of hydrogen-bond donors (Lipinski definition) is 0. The minimum absolute atomic E-state index is 0.180. The Kier molecular flexibility index (Phi) is 3.16. The first-order valence-corrected chi connectivity index (χ1v) is 4.98. The van der Waals surface area contributed by atoms with E-state index in [1.165, 1.54) is 0 Å². The Balaban J connectivity index is 2.02. The molecule has 0 radical (unpaired) electrons. The lowest BCUT2D eigenvalue weighted by Crippen LogP contribution is -2.25. The van der Waals surface area contributed by atoms with Gasteiger partial charge in [-0.1, -0.05) is 0 Å². The Morgan fingerprint density at radius 3 is 2.47 bits per heavy atom. The molecule has 2 nitrogen and oxygen atoms in total. The first kappa shape index (κ1) is 10.4. The van der Waals surface area contributed by atoms with E-state index < -0.39 is 11.6 Å². The van der Waals surface area contributed by atoms with E-state index in [0.717, 1.165) is 37.5 Å². The molecule has 1 unspecified atom stereocenters. The van der Waals surface area contributed by atoms with Crippen molar-refractivity contribution in [2.45, 2.75) is 25.6 Å². The zero-order valence-corrected chi connectivity index (χ0v) is 8.21. The van der Waals surface area contributed by atoms with E-state index in [-0.39, 0.29) is 12.0 Å². The van der Waals surface area contributed by atoms with E-state index in [4.69, 9.17) is 9.47 Å². The number of benzene rings is 1. The first-order chi connectivity index (χ1) is 7.24. The second kappa shape index (κ2) is 4.57. The summed E-state index contributed by atoms with van der Waals surface area (Å²) in [5.74, 6) is -1.10. The van der Waals surface area contributed by atoms with Gasteiger partial charge in [-0.15, -0.1) is 0 Å². The van der Waals surface area contributed by atoms with Gasteiger partial charge in [0.2, 0.25) is 0 Å². The predicted octanol–water partition coefficient (Wildman–Crippen LogP) is 2.87. The largest absolute Gasteiger partial charge is 0.465 e. The van der Waals surface area contributed by atoms with Crippen LogP contribution < -0.4 is 4.74 Å². The zero-order valence-electron chi connectivity index (χ0n) is 8.21. The highest BCUT2D eigenvalue weighted by molar-refractivity contribution is 5.23. The Bertz CT molecular complexity index is 315. The third-order valence-electron chi connectivity index (χ3n) is 2.24. The Morgan fingerprint density at radius 1 is 1.13 bits per heavy atom. The van der Waals surface area contributed by atoms with Crippen molar-refractivity contribution in [2.75, 3.05) is 6.61 Å². The summed E-state index contributed by atoms with van der Waals surface area (Å²) >= 11 is 0. The molecular formula is C11H12F2O2. The molecule has 2 rings (SSSR count). The number of ether oxygens (including phenoxy) is 2. The molecule has 1 aliphatic rings. The van der Waals surface area contributed by atoms with Crippen molar-refractivity contribution in [1.29, 1.82) is 0 Å². The minimum atomic E-state index is -0.638. The molecule has 0 amide bonds. The average Bonchev–Trinajstić information content (AvgIpc) is 2.17. The maximum absolute atomic E-state index is 12.8. The highest BCUT2D eigenvalue weighted by atomic mass is 19.1. The number of rotatable bonds is 2. The standard InChI is InChI=1S/C11H12F2O2/c12-8-5-9(13)7-10(6-8)15-11-3-1-2-4-14-11/h5-7,11H,1-4H2. The SMILES string of the molecule is Fc1cc(F)cc(OC2CCCCO2)c1. The van der Waals surface area contributed by atoms with Crippen LogP contribution in [0.3, 0.4) is 0 Å². The normalized spacial score (nSPS) is 21.3. The fourth-order valence-electron chi connectivity index (χ4n) is 1.55. The van der Waals surface area contributed by atoms with Gasteiger partial charge in [0.15, 0.2) is 6.29 Å². The van der Waals surface area contributed by atoms with Crippen LogP contribution in [0.4, 0.5) is 8.78 Å². The molecule has 15 heavy (non-hydrogen) atoms. The fourth-order valence-corrected chi connectivity index (χ4v) is 1.55. The first-order valence-electron chi connectivity index (χ1n) is 4.98. The highest BCUT2D eigenvalue weighted by Crippen LogP contribution is 2.21. The van der Waals surface area contributed by atoms with Crippen molar-refractivity contribution in [1.82, 2.24) is 0 Å². The monoisotopic (exact) mass is 214 g/mol. The molecule has 1 fully saturated rings. The second-order valence-corrected chi connectivity index (χ2v) is 3.52. The summed E-state index contributed by atoms with van der Waals surface area (Å²) in [6.45, 7) is 0.641. The van der Waals surface area contributed by atoms with Crippen molar-refractivity contribution in [2.24, 2.45) is 0 Å². The molecule has 0 N–H and O–H groups in total. The maximum atomic E-state index is 12.8. The van der Waals surface area contributed by atoms with Gasteiger partial charge in [-0.05, 0) is 12.8 Å². The molecule has 4 heteroatoms. The molecule has 1 atom stereocenters. The third-order valence-corrected chi connectivity index (χ3v) is 2.24. The Labute approximate surface area is 86.8 Å². The van der Waals surface area contributed by atoms with E-state index in [9.17, 15) is 8.78 Å². The van der Waals surface area contributed by atoms with E-state index >= 15 is 0 Å². The molecule has 1 aromatic carbocycles. The van der Waals surface area contributed by atoms with Gasteiger partial charge in [-0.25, -0.2) is 8.78 Å². The summed E-state index contributed by atoms with van der Waals surface area (Å²) in [5, 5.41) is 0. The Morgan fingerprint density at radius 2 is 1.87 bits per heavy atom. The van der Waals surface area contributed by atoms with Gasteiger partial charge in [0.1, 0.15) is 17.4 Å². The van der Waals surface area contributed by atoms with Gasteiger partial charge < -0.3 is 9.47 Å². The quantitative estimate of drug-likeness (QED) is 0.753. The van der Waals surface area contributed by atoms with Crippen molar-refractivity contribution < 1.29 is 18.3 Å². The molecule has 1 aliphatic heterocycles. The third kappa shape index (κ3) is 2.89. The van der Waals surface area contributed by atoms with Gasteiger partial charge in [-0.3, -0.25) is 0 Å². The van der Waals surface area contributed by atoms with Crippen LogP contribution in [-0.4, -0.2) is 12.9 Å².